The molecule has 0 bridgehead atoms. The SMILES string of the molecule is CCOC(=O)c1cc(-c2ccc(/C=N/Nc3nc4ccccc4[nH]3)o2)ccc1Cl. The number of esters is 1. The summed E-state index contributed by atoms with van der Waals surface area (Å²) in [4.78, 5) is 19.5. The Labute approximate surface area is 171 Å². The first-order valence-corrected chi connectivity index (χ1v) is 9.32. The summed E-state index contributed by atoms with van der Waals surface area (Å²) in [6.45, 7) is 2.02. The molecular weight excluding hydrogens is 392 g/mol. The van der Waals surface area contributed by atoms with Gasteiger partial charge in [0.2, 0.25) is 5.95 Å². The van der Waals surface area contributed by atoms with E-state index in [2.05, 4.69) is 20.5 Å². The third-order valence-corrected chi connectivity index (χ3v) is 4.45. The second-order valence-corrected chi connectivity index (χ2v) is 6.50. The van der Waals surface area contributed by atoms with Gasteiger partial charge in [0.1, 0.15) is 11.5 Å². The molecule has 0 amide bonds. The highest BCUT2D eigenvalue weighted by Gasteiger charge is 2.14. The van der Waals surface area contributed by atoms with Crippen molar-refractivity contribution in [2.75, 3.05) is 12.0 Å². The van der Waals surface area contributed by atoms with E-state index >= 15 is 0 Å². The number of rotatable bonds is 6. The van der Waals surface area contributed by atoms with Gasteiger partial charge in [0, 0.05) is 5.56 Å². The molecule has 0 aliphatic carbocycles. The van der Waals surface area contributed by atoms with E-state index in [4.69, 9.17) is 20.8 Å². The molecule has 0 spiro atoms. The molecule has 2 aromatic carbocycles. The maximum atomic E-state index is 12.0. The maximum absolute atomic E-state index is 12.0. The van der Waals surface area contributed by atoms with E-state index in [0.29, 0.717) is 33.6 Å². The van der Waals surface area contributed by atoms with Gasteiger partial charge in [0.15, 0.2) is 0 Å². The Kier molecular flexibility index (Phi) is 5.31. The average molecular weight is 409 g/mol. The van der Waals surface area contributed by atoms with Gasteiger partial charge in [0.05, 0.1) is 34.4 Å². The van der Waals surface area contributed by atoms with Gasteiger partial charge in [-0.1, -0.05) is 23.7 Å². The zero-order chi connectivity index (χ0) is 20.2. The maximum Gasteiger partial charge on any atom is 0.339 e. The minimum absolute atomic E-state index is 0.277. The number of hydrogen-bond donors (Lipinski definition) is 2. The van der Waals surface area contributed by atoms with Crippen molar-refractivity contribution in [2.45, 2.75) is 6.92 Å². The highest BCUT2D eigenvalue weighted by Crippen LogP contribution is 2.27. The molecule has 2 N–H and O–H groups in total. The second kappa shape index (κ2) is 8.20. The number of furan rings is 1. The van der Waals surface area contributed by atoms with Crippen LogP contribution < -0.4 is 5.43 Å². The van der Waals surface area contributed by atoms with E-state index in [1.165, 1.54) is 0 Å². The fourth-order valence-corrected chi connectivity index (χ4v) is 2.98. The number of hydrogen-bond acceptors (Lipinski definition) is 6. The van der Waals surface area contributed by atoms with Crippen molar-refractivity contribution in [3.8, 4) is 11.3 Å². The van der Waals surface area contributed by atoms with Gasteiger partial charge >= 0.3 is 5.97 Å². The summed E-state index contributed by atoms with van der Waals surface area (Å²) < 4.78 is 10.8. The fourth-order valence-electron chi connectivity index (χ4n) is 2.78. The molecule has 146 valence electrons. The molecule has 0 unspecified atom stereocenters. The number of carbonyl (C=O) groups excluding carboxylic acids is 1. The van der Waals surface area contributed by atoms with Crippen molar-refractivity contribution >= 4 is 40.8 Å². The molecule has 0 aliphatic heterocycles. The number of imidazole rings is 1. The highest BCUT2D eigenvalue weighted by atomic mass is 35.5. The zero-order valence-corrected chi connectivity index (χ0v) is 16.2. The van der Waals surface area contributed by atoms with Crippen LogP contribution in [0.5, 0.6) is 0 Å². The zero-order valence-electron chi connectivity index (χ0n) is 15.5. The van der Waals surface area contributed by atoms with E-state index < -0.39 is 5.97 Å². The number of hydrazone groups is 1. The third kappa shape index (κ3) is 4.14. The number of halogens is 1. The van der Waals surface area contributed by atoms with Crippen LogP contribution in [0.2, 0.25) is 5.02 Å². The topological polar surface area (TPSA) is 92.5 Å². The number of nitrogens with zero attached hydrogens (tertiary/aromatic N) is 2. The van der Waals surface area contributed by atoms with Crippen molar-refractivity contribution in [3.63, 3.8) is 0 Å². The second-order valence-electron chi connectivity index (χ2n) is 6.09. The normalized spacial score (nSPS) is 11.2. The summed E-state index contributed by atoms with van der Waals surface area (Å²) in [5.41, 5.74) is 5.62. The van der Waals surface area contributed by atoms with E-state index in [9.17, 15) is 4.79 Å². The van der Waals surface area contributed by atoms with Crippen molar-refractivity contribution < 1.29 is 13.9 Å². The van der Waals surface area contributed by atoms with Crippen LogP contribution in [0.25, 0.3) is 22.4 Å². The Morgan fingerprint density at radius 3 is 2.97 bits per heavy atom. The Morgan fingerprint density at radius 1 is 1.28 bits per heavy atom. The van der Waals surface area contributed by atoms with Gasteiger partial charge in [-0.15, -0.1) is 0 Å². The van der Waals surface area contributed by atoms with E-state index in [-0.39, 0.29) is 6.61 Å². The first kappa shape index (κ1) is 18.8. The van der Waals surface area contributed by atoms with Crippen LogP contribution >= 0.6 is 11.6 Å². The number of fused-ring (bicyclic) bond motifs is 1. The number of aromatic amines is 1. The van der Waals surface area contributed by atoms with E-state index in [1.807, 2.05) is 24.3 Å². The lowest BCUT2D eigenvalue weighted by Gasteiger charge is -2.05. The van der Waals surface area contributed by atoms with Crippen LogP contribution in [0.4, 0.5) is 5.95 Å². The summed E-state index contributed by atoms with van der Waals surface area (Å²) in [6.07, 6.45) is 1.54. The van der Waals surface area contributed by atoms with Gasteiger partial charge in [0.25, 0.3) is 0 Å². The van der Waals surface area contributed by atoms with Gasteiger partial charge in [-0.05, 0) is 49.4 Å². The third-order valence-electron chi connectivity index (χ3n) is 4.12. The van der Waals surface area contributed by atoms with Crippen molar-refractivity contribution in [3.05, 3.63) is 70.9 Å². The Morgan fingerprint density at radius 2 is 2.14 bits per heavy atom. The molecule has 0 atom stereocenters. The molecule has 0 fully saturated rings. The van der Waals surface area contributed by atoms with E-state index in [1.54, 1.807) is 43.5 Å². The summed E-state index contributed by atoms with van der Waals surface area (Å²) >= 11 is 6.11. The van der Waals surface area contributed by atoms with Crippen molar-refractivity contribution in [2.24, 2.45) is 5.10 Å². The number of benzene rings is 2. The van der Waals surface area contributed by atoms with Crippen LogP contribution in [-0.2, 0) is 4.74 Å². The molecule has 7 nitrogen and oxygen atoms in total. The minimum atomic E-state index is -0.470. The molecule has 0 radical (unpaired) electrons. The number of aromatic nitrogens is 2. The summed E-state index contributed by atoms with van der Waals surface area (Å²) in [5, 5.41) is 4.47. The molecular formula is C21H17ClN4O3. The molecule has 2 heterocycles. The van der Waals surface area contributed by atoms with Crippen LogP contribution in [-0.4, -0.2) is 28.8 Å². The molecule has 0 saturated heterocycles. The van der Waals surface area contributed by atoms with Crippen LogP contribution in [0, 0.1) is 0 Å². The van der Waals surface area contributed by atoms with Gasteiger partial charge in [-0.2, -0.15) is 5.10 Å². The van der Waals surface area contributed by atoms with Crippen molar-refractivity contribution in [1.82, 2.24) is 9.97 Å². The largest absolute Gasteiger partial charge is 0.462 e. The molecule has 8 heteroatoms. The quantitative estimate of drug-likeness (QED) is 0.263. The summed E-state index contributed by atoms with van der Waals surface area (Å²) in [5.74, 6) is 1.18. The number of H-pyrrole nitrogens is 1. The molecule has 2 aromatic heterocycles. The first-order chi connectivity index (χ1) is 14.1. The predicted octanol–water partition coefficient (Wildman–Crippen LogP) is 5.10. The van der Waals surface area contributed by atoms with E-state index in [0.717, 1.165) is 11.0 Å². The van der Waals surface area contributed by atoms with Gasteiger partial charge in [-0.3, -0.25) is 0 Å². The molecule has 0 saturated carbocycles. The number of para-hydroxylation sites is 2. The van der Waals surface area contributed by atoms with Gasteiger partial charge in [-0.25, -0.2) is 15.2 Å². The highest BCUT2D eigenvalue weighted by molar-refractivity contribution is 6.33. The lowest BCUT2D eigenvalue weighted by molar-refractivity contribution is 0.0526. The molecule has 0 aliphatic rings. The van der Waals surface area contributed by atoms with Gasteiger partial charge < -0.3 is 14.1 Å². The molecule has 4 aromatic rings. The van der Waals surface area contributed by atoms with Crippen molar-refractivity contribution in [1.29, 1.82) is 0 Å². The number of carbonyl (C=O) groups is 1. The monoisotopic (exact) mass is 408 g/mol. The standard InChI is InChI=1S/C21H17ClN4O3/c1-2-28-20(27)15-11-13(7-9-16(15)22)19-10-8-14(29-19)12-23-26-21-24-17-5-3-4-6-18(17)25-21/h3-12H,2H2,1H3,(H2,24,25,26)/b23-12+. The fraction of sp³-hybridized carbons (Fsp3) is 0.0952. The number of anilines is 1. The Balaban J connectivity index is 1.48. The molecule has 4 rings (SSSR count). The predicted molar refractivity (Wildman–Crippen MR) is 112 cm³/mol. The summed E-state index contributed by atoms with van der Waals surface area (Å²) in [7, 11) is 0. The lowest BCUT2D eigenvalue weighted by Crippen LogP contribution is -2.05. The Bertz CT molecular complexity index is 1160. The Hall–Kier alpha value is -3.58. The van der Waals surface area contributed by atoms with Crippen LogP contribution in [0.3, 0.4) is 0 Å². The first-order valence-electron chi connectivity index (χ1n) is 8.95. The minimum Gasteiger partial charge on any atom is -0.462 e. The molecule has 29 heavy (non-hydrogen) atoms. The van der Waals surface area contributed by atoms with Crippen LogP contribution in [0.15, 0.2) is 64.1 Å². The average Bonchev–Trinajstić information content (AvgIpc) is 3.35. The number of nitrogens with one attached hydrogen (secondary N) is 2. The number of ether oxygens (including phenoxy) is 1. The summed E-state index contributed by atoms with van der Waals surface area (Å²) in [6, 6.07) is 16.3. The van der Waals surface area contributed by atoms with Crippen LogP contribution in [0.1, 0.15) is 23.0 Å². The smallest absolute Gasteiger partial charge is 0.339 e. The lowest BCUT2D eigenvalue weighted by atomic mass is 10.1.